The fraction of sp³-hybridized carbons (Fsp3) is 0.318. The Morgan fingerprint density at radius 3 is 2.58 bits per heavy atom. The Hall–Kier alpha value is -2.59. The third-order valence-corrected chi connectivity index (χ3v) is 5.33. The molecule has 0 aliphatic heterocycles. The zero-order chi connectivity index (χ0) is 17.9. The molecule has 4 rings (SSSR count). The van der Waals surface area contributed by atoms with Crippen LogP contribution >= 0.6 is 0 Å². The number of H-pyrrole nitrogens is 1. The van der Waals surface area contributed by atoms with E-state index in [0.29, 0.717) is 0 Å². The summed E-state index contributed by atoms with van der Waals surface area (Å²) in [4.78, 5) is 2.42. The van der Waals surface area contributed by atoms with Crippen LogP contribution in [0.4, 0.5) is 5.69 Å². The molecule has 134 valence electrons. The van der Waals surface area contributed by atoms with E-state index in [0.717, 1.165) is 44.0 Å². The number of hydrogen-bond donors (Lipinski definition) is 2. The lowest BCUT2D eigenvalue weighted by atomic mass is 10.1. The van der Waals surface area contributed by atoms with Crippen LogP contribution in [0.3, 0.4) is 0 Å². The number of benzene rings is 2. The maximum absolute atomic E-state index is 4.59. The van der Waals surface area contributed by atoms with Gasteiger partial charge in [-0.3, -0.25) is 5.10 Å². The lowest BCUT2D eigenvalue weighted by molar-refractivity contribution is 0.316. The second-order valence-electron chi connectivity index (χ2n) is 6.79. The van der Waals surface area contributed by atoms with Gasteiger partial charge in [0.05, 0.1) is 11.4 Å². The van der Waals surface area contributed by atoms with E-state index in [9.17, 15) is 0 Å². The Morgan fingerprint density at radius 1 is 1.04 bits per heavy atom. The quantitative estimate of drug-likeness (QED) is 0.521. The number of anilines is 1. The van der Waals surface area contributed by atoms with Gasteiger partial charge in [0.2, 0.25) is 0 Å². The van der Waals surface area contributed by atoms with Crippen LogP contribution < -0.4 is 5.32 Å². The van der Waals surface area contributed by atoms with Crippen molar-refractivity contribution in [3.05, 3.63) is 59.7 Å². The van der Waals surface area contributed by atoms with Gasteiger partial charge in [0.25, 0.3) is 0 Å². The van der Waals surface area contributed by atoms with Crippen molar-refractivity contribution in [2.24, 2.45) is 0 Å². The van der Waals surface area contributed by atoms with Gasteiger partial charge in [-0.15, -0.1) is 0 Å². The first-order valence-corrected chi connectivity index (χ1v) is 9.52. The van der Waals surface area contributed by atoms with Crippen molar-refractivity contribution in [3.8, 4) is 22.5 Å². The van der Waals surface area contributed by atoms with Gasteiger partial charge in [0, 0.05) is 41.9 Å². The molecule has 1 aliphatic carbocycles. The van der Waals surface area contributed by atoms with Crippen molar-refractivity contribution in [2.45, 2.75) is 20.3 Å². The van der Waals surface area contributed by atoms with E-state index < -0.39 is 0 Å². The van der Waals surface area contributed by atoms with Crippen molar-refractivity contribution in [1.29, 1.82) is 0 Å². The predicted molar refractivity (Wildman–Crippen MR) is 109 cm³/mol. The van der Waals surface area contributed by atoms with Crippen molar-refractivity contribution in [1.82, 2.24) is 15.1 Å². The minimum atomic E-state index is 0.960. The zero-order valence-electron chi connectivity index (χ0n) is 15.5. The molecule has 0 radical (unpaired) electrons. The number of nitrogens with one attached hydrogen (secondary N) is 2. The Morgan fingerprint density at radius 2 is 1.81 bits per heavy atom. The Bertz CT molecular complexity index is 875. The van der Waals surface area contributed by atoms with Crippen LogP contribution in [-0.4, -0.2) is 41.3 Å². The normalized spacial score (nSPS) is 12.3. The monoisotopic (exact) mass is 346 g/mol. The predicted octanol–water partition coefficient (Wildman–Crippen LogP) is 4.40. The molecule has 0 fully saturated rings. The topological polar surface area (TPSA) is 44.0 Å². The summed E-state index contributed by atoms with van der Waals surface area (Å²) in [5.74, 6) is 0. The molecular weight excluding hydrogens is 320 g/mol. The summed E-state index contributed by atoms with van der Waals surface area (Å²) in [5, 5.41) is 11.3. The fourth-order valence-corrected chi connectivity index (χ4v) is 3.75. The minimum absolute atomic E-state index is 0.960. The van der Waals surface area contributed by atoms with Crippen LogP contribution in [-0.2, 0) is 6.42 Å². The highest BCUT2D eigenvalue weighted by molar-refractivity contribution is 5.81. The van der Waals surface area contributed by atoms with Gasteiger partial charge in [0.1, 0.15) is 0 Å². The molecule has 0 bridgehead atoms. The average molecular weight is 346 g/mol. The third kappa shape index (κ3) is 3.13. The zero-order valence-corrected chi connectivity index (χ0v) is 15.5. The maximum atomic E-state index is 4.59. The van der Waals surface area contributed by atoms with Gasteiger partial charge in [-0.1, -0.05) is 50.2 Å². The Labute approximate surface area is 155 Å². The standard InChI is InChI=1S/C22H26N4/c1-3-26(4-2)14-13-23-18-11-9-16(10-12-18)21-20-15-17-7-5-6-8-19(17)22(20)25-24-21/h5-12,23H,3-4,13-15H2,1-2H3,(H,24,25). The molecule has 1 heterocycles. The number of nitrogens with zero attached hydrogens (tertiary/aromatic N) is 2. The molecule has 0 saturated heterocycles. The smallest absolute Gasteiger partial charge is 0.0962 e. The minimum Gasteiger partial charge on any atom is -0.384 e. The highest BCUT2D eigenvalue weighted by atomic mass is 15.1. The molecule has 0 atom stereocenters. The summed E-state index contributed by atoms with van der Waals surface area (Å²) in [6.07, 6.45) is 0.960. The summed E-state index contributed by atoms with van der Waals surface area (Å²) < 4.78 is 0. The Balaban J connectivity index is 1.46. The van der Waals surface area contributed by atoms with Crippen molar-refractivity contribution in [3.63, 3.8) is 0 Å². The van der Waals surface area contributed by atoms with Crippen LogP contribution in [0.1, 0.15) is 25.0 Å². The second-order valence-corrected chi connectivity index (χ2v) is 6.79. The van der Waals surface area contributed by atoms with Gasteiger partial charge < -0.3 is 10.2 Å². The first-order valence-electron chi connectivity index (χ1n) is 9.52. The number of likely N-dealkylation sites (N-methyl/N-ethyl adjacent to an activating group) is 1. The number of fused-ring (bicyclic) bond motifs is 3. The number of aromatic nitrogens is 2. The van der Waals surface area contributed by atoms with Crippen LogP contribution in [0.5, 0.6) is 0 Å². The van der Waals surface area contributed by atoms with E-state index in [2.05, 4.69) is 82.8 Å². The molecular formula is C22H26N4. The molecule has 4 nitrogen and oxygen atoms in total. The van der Waals surface area contributed by atoms with E-state index in [-0.39, 0.29) is 0 Å². The summed E-state index contributed by atoms with van der Waals surface area (Å²) >= 11 is 0. The molecule has 2 aromatic carbocycles. The average Bonchev–Trinajstić information content (AvgIpc) is 3.25. The Kier molecular flexibility index (Phi) is 4.76. The van der Waals surface area contributed by atoms with E-state index in [1.165, 1.54) is 27.9 Å². The van der Waals surface area contributed by atoms with Gasteiger partial charge in [0.15, 0.2) is 0 Å². The van der Waals surface area contributed by atoms with Gasteiger partial charge in [-0.25, -0.2) is 0 Å². The maximum Gasteiger partial charge on any atom is 0.0962 e. The van der Waals surface area contributed by atoms with E-state index >= 15 is 0 Å². The van der Waals surface area contributed by atoms with Gasteiger partial charge in [-0.05, 0) is 30.8 Å². The number of aromatic amines is 1. The highest BCUT2D eigenvalue weighted by Gasteiger charge is 2.24. The van der Waals surface area contributed by atoms with E-state index in [1.54, 1.807) is 0 Å². The molecule has 1 aliphatic rings. The van der Waals surface area contributed by atoms with Crippen LogP contribution in [0, 0.1) is 0 Å². The molecule has 26 heavy (non-hydrogen) atoms. The molecule has 1 aromatic heterocycles. The summed E-state index contributed by atoms with van der Waals surface area (Å²) in [6, 6.07) is 17.2. The SMILES string of the molecule is CCN(CC)CCNc1ccc(-c2n[nH]c3c2Cc2ccccc2-3)cc1. The molecule has 2 N–H and O–H groups in total. The molecule has 0 spiro atoms. The molecule has 0 saturated carbocycles. The first kappa shape index (κ1) is 16.9. The van der Waals surface area contributed by atoms with E-state index in [1.807, 2.05) is 0 Å². The van der Waals surface area contributed by atoms with Gasteiger partial charge in [-0.2, -0.15) is 5.10 Å². The largest absolute Gasteiger partial charge is 0.384 e. The van der Waals surface area contributed by atoms with Gasteiger partial charge >= 0.3 is 0 Å². The molecule has 0 amide bonds. The third-order valence-electron chi connectivity index (χ3n) is 5.33. The lowest BCUT2D eigenvalue weighted by Gasteiger charge is -2.18. The fourth-order valence-electron chi connectivity index (χ4n) is 3.75. The number of hydrogen-bond acceptors (Lipinski definition) is 3. The molecule has 0 unspecified atom stereocenters. The van der Waals surface area contributed by atoms with Crippen LogP contribution in [0.2, 0.25) is 0 Å². The lowest BCUT2D eigenvalue weighted by Crippen LogP contribution is -2.28. The van der Waals surface area contributed by atoms with E-state index in [4.69, 9.17) is 0 Å². The van der Waals surface area contributed by atoms with Crippen molar-refractivity contribution in [2.75, 3.05) is 31.5 Å². The highest BCUT2D eigenvalue weighted by Crippen LogP contribution is 2.39. The summed E-state index contributed by atoms with van der Waals surface area (Å²) in [7, 11) is 0. The second kappa shape index (κ2) is 7.34. The van der Waals surface area contributed by atoms with Crippen LogP contribution in [0.15, 0.2) is 48.5 Å². The van der Waals surface area contributed by atoms with Crippen LogP contribution in [0.25, 0.3) is 22.5 Å². The van der Waals surface area contributed by atoms with Crippen molar-refractivity contribution < 1.29 is 0 Å². The van der Waals surface area contributed by atoms with Crippen molar-refractivity contribution >= 4 is 5.69 Å². The summed E-state index contributed by atoms with van der Waals surface area (Å²) in [5.41, 5.74) is 8.57. The first-order chi connectivity index (χ1) is 12.8. The summed E-state index contributed by atoms with van der Waals surface area (Å²) in [6.45, 7) is 8.65. The number of rotatable bonds is 7. The molecule has 3 aromatic rings. The molecule has 4 heteroatoms.